The Morgan fingerprint density at radius 3 is 2.46 bits per heavy atom. The van der Waals surface area contributed by atoms with E-state index >= 15 is 0 Å². The molecule has 0 saturated carbocycles. The van der Waals surface area contributed by atoms with Crippen LogP contribution in [-0.2, 0) is 14.8 Å². The molecular formula is C18H17ClN4O3S2. The smallest absolute Gasteiger partial charge is 0.246 e. The van der Waals surface area contributed by atoms with Crippen molar-refractivity contribution < 1.29 is 13.2 Å². The van der Waals surface area contributed by atoms with Gasteiger partial charge in [0.25, 0.3) is 0 Å². The summed E-state index contributed by atoms with van der Waals surface area (Å²) in [6.07, 6.45) is 1.02. The van der Waals surface area contributed by atoms with E-state index < -0.39 is 22.5 Å². The van der Waals surface area contributed by atoms with Gasteiger partial charge >= 0.3 is 0 Å². The Labute approximate surface area is 172 Å². The van der Waals surface area contributed by atoms with Crippen molar-refractivity contribution in [2.45, 2.75) is 6.92 Å². The fraction of sp³-hybridized carbons (Fsp3) is 0.167. The van der Waals surface area contributed by atoms with E-state index in [0.29, 0.717) is 5.01 Å². The van der Waals surface area contributed by atoms with E-state index in [1.165, 1.54) is 17.4 Å². The number of hydrogen-bond acceptors (Lipinski definition) is 6. The quantitative estimate of drug-likeness (QED) is 0.637. The number of nitrogens with zero attached hydrogens (tertiary/aromatic N) is 3. The molecule has 0 aliphatic rings. The number of carbonyl (C=O) groups excluding carboxylic acids is 1. The molecule has 0 aliphatic carbocycles. The highest BCUT2D eigenvalue weighted by Gasteiger charge is 2.23. The van der Waals surface area contributed by atoms with Gasteiger partial charge in [0.15, 0.2) is 0 Å². The summed E-state index contributed by atoms with van der Waals surface area (Å²) in [6.45, 7) is 1.56. The summed E-state index contributed by atoms with van der Waals surface area (Å²) >= 11 is 7.30. The van der Waals surface area contributed by atoms with Crippen molar-refractivity contribution in [3.05, 3.63) is 59.1 Å². The van der Waals surface area contributed by atoms with Gasteiger partial charge in [0.1, 0.15) is 11.6 Å². The largest absolute Gasteiger partial charge is 0.299 e. The molecule has 0 saturated heterocycles. The number of amides is 1. The molecule has 1 N–H and O–H groups in total. The highest BCUT2D eigenvalue weighted by Crippen LogP contribution is 2.28. The van der Waals surface area contributed by atoms with Crippen LogP contribution in [0, 0.1) is 6.92 Å². The van der Waals surface area contributed by atoms with E-state index in [1.807, 2.05) is 31.2 Å². The van der Waals surface area contributed by atoms with E-state index in [-0.39, 0.29) is 15.8 Å². The molecule has 0 atom stereocenters. The number of sulfonamides is 1. The third-order valence-corrected chi connectivity index (χ3v) is 6.11. The van der Waals surface area contributed by atoms with Crippen LogP contribution in [0.5, 0.6) is 0 Å². The molecule has 146 valence electrons. The van der Waals surface area contributed by atoms with Crippen LogP contribution in [0.4, 0.5) is 10.8 Å². The first-order valence-corrected chi connectivity index (χ1v) is 11.2. The summed E-state index contributed by atoms with van der Waals surface area (Å²) in [4.78, 5) is 12.4. The Bertz CT molecular complexity index is 1100. The van der Waals surface area contributed by atoms with Crippen LogP contribution in [0.3, 0.4) is 0 Å². The topological polar surface area (TPSA) is 92.3 Å². The molecule has 0 spiro atoms. The van der Waals surface area contributed by atoms with Crippen LogP contribution in [-0.4, -0.2) is 37.3 Å². The van der Waals surface area contributed by atoms with Crippen LogP contribution in [0.25, 0.3) is 10.6 Å². The van der Waals surface area contributed by atoms with Gasteiger partial charge in [-0.15, -0.1) is 10.2 Å². The van der Waals surface area contributed by atoms with Crippen molar-refractivity contribution >= 4 is 49.7 Å². The second kappa shape index (κ2) is 8.26. The van der Waals surface area contributed by atoms with Gasteiger partial charge < -0.3 is 0 Å². The number of benzene rings is 2. The average Bonchev–Trinajstić information content (AvgIpc) is 3.08. The van der Waals surface area contributed by atoms with Crippen molar-refractivity contribution in [3.63, 3.8) is 0 Å². The molecule has 28 heavy (non-hydrogen) atoms. The minimum atomic E-state index is -3.71. The molecule has 0 radical (unpaired) electrons. The zero-order valence-corrected chi connectivity index (χ0v) is 17.5. The molecule has 3 aromatic rings. The molecule has 1 aromatic heterocycles. The minimum Gasteiger partial charge on any atom is -0.299 e. The maximum absolute atomic E-state index is 12.4. The van der Waals surface area contributed by atoms with Gasteiger partial charge in [-0.1, -0.05) is 64.9 Å². The Hall–Kier alpha value is -2.49. The van der Waals surface area contributed by atoms with Crippen LogP contribution in [0.15, 0.2) is 48.5 Å². The summed E-state index contributed by atoms with van der Waals surface area (Å²) in [6, 6.07) is 14.2. The zero-order chi connectivity index (χ0) is 20.3. The lowest BCUT2D eigenvalue weighted by molar-refractivity contribution is -0.114. The number of nitrogens with one attached hydrogen (secondary N) is 1. The van der Waals surface area contributed by atoms with Crippen LogP contribution < -0.4 is 9.62 Å². The van der Waals surface area contributed by atoms with Gasteiger partial charge in [-0.3, -0.25) is 14.4 Å². The van der Waals surface area contributed by atoms with Crippen molar-refractivity contribution in [2.24, 2.45) is 0 Å². The summed E-state index contributed by atoms with van der Waals surface area (Å²) in [5, 5.41) is 11.8. The number of hydrogen-bond donors (Lipinski definition) is 1. The molecule has 0 fully saturated rings. The summed E-state index contributed by atoms with van der Waals surface area (Å²) in [5.41, 5.74) is 2.25. The van der Waals surface area contributed by atoms with Gasteiger partial charge in [-0.2, -0.15) is 0 Å². The zero-order valence-electron chi connectivity index (χ0n) is 15.1. The molecule has 0 bridgehead atoms. The molecule has 1 amide bonds. The summed E-state index contributed by atoms with van der Waals surface area (Å²) in [7, 11) is -3.71. The molecule has 0 unspecified atom stereocenters. The van der Waals surface area contributed by atoms with E-state index in [4.69, 9.17) is 11.6 Å². The van der Waals surface area contributed by atoms with Crippen LogP contribution >= 0.6 is 22.9 Å². The first-order valence-electron chi connectivity index (χ1n) is 8.16. The van der Waals surface area contributed by atoms with Crippen molar-refractivity contribution in [2.75, 3.05) is 22.4 Å². The Morgan fingerprint density at radius 2 is 1.82 bits per heavy atom. The first-order chi connectivity index (χ1) is 13.2. The lowest BCUT2D eigenvalue weighted by Crippen LogP contribution is -2.37. The molecule has 0 aliphatic heterocycles. The molecule has 2 aromatic carbocycles. The van der Waals surface area contributed by atoms with Gasteiger partial charge in [0, 0.05) is 5.56 Å². The van der Waals surface area contributed by atoms with Crippen molar-refractivity contribution in [1.29, 1.82) is 0 Å². The van der Waals surface area contributed by atoms with E-state index in [9.17, 15) is 13.2 Å². The highest BCUT2D eigenvalue weighted by molar-refractivity contribution is 7.92. The molecule has 7 nitrogen and oxygen atoms in total. The number of halogens is 1. The van der Waals surface area contributed by atoms with Crippen LogP contribution in [0.2, 0.25) is 5.02 Å². The Kier molecular flexibility index (Phi) is 5.97. The minimum absolute atomic E-state index is 0.235. The third kappa shape index (κ3) is 4.86. The Morgan fingerprint density at radius 1 is 1.14 bits per heavy atom. The van der Waals surface area contributed by atoms with Gasteiger partial charge in [0.05, 0.1) is 17.0 Å². The molecular weight excluding hydrogens is 420 g/mol. The fourth-order valence-corrected chi connectivity index (χ4v) is 4.33. The lowest BCUT2D eigenvalue weighted by atomic mass is 10.2. The number of aryl methyl sites for hydroxylation is 1. The number of para-hydroxylation sites is 1. The average molecular weight is 437 g/mol. The number of rotatable bonds is 6. The maximum atomic E-state index is 12.4. The maximum Gasteiger partial charge on any atom is 0.246 e. The van der Waals surface area contributed by atoms with Crippen molar-refractivity contribution in [3.8, 4) is 10.6 Å². The van der Waals surface area contributed by atoms with Crippen molar-refractivity contribution in [1.82, 2.24) is 10.2 Å². The lowest BCUT2D eigenvalue weighted by Gasteiger charge is -2.22. The second-order valence-electron chi connectivity index (χ2n) is 6.05. The summed E-state index contributed by atoms with van der Waals surface area (Å²) < 4.78 is 25.3. The van der Waals surface area contributed by atoms with E-state index in [2.05, 4.69) is 15.5 Å². The monoisotopic (exact) mass is 436 g/mol. The third-order valence-electron chi connectivity index (χ3n) is 3.78. The fourth-order valence-electron chi connectivity index (χ4n) is 2.41. The standard InChI is InChI=1S/C18H17ClN4O3S2/c1-12-7-9-13(10-8-12)17-21-22-18(27-17)20-16(24)11-23(28(2,25)26)15-6-4-3-5-14(15)19/h3-10H,11H2,1-2H3,(H,20,22,24). The van der Waals surface area contributed by atoms with Gasteiger partial charge in [-0.05, 0) is 19.1 Å². The molecule has 10 heteroatoms. The predicted octanol–water partition coefficient (Wildman–Crippen LogP) is 3.57. The molecule has 3 rings (SSSR count). The normalized spacial score (nSPS) is 11.2. The predicted molar refractivity (Wildman–Crippen MR) is 112 cm³/mol. The van der Waals surface area contributed by atoms with E-state index in [0.717, 1.165) is 21.7 Å². The second-order valence-corrected chi connectivity index (χ2v) is 9.34. The van der Waals surface area contributed by atoms with Gasteiger partial charge in [-0.25, -0.2) is 8.42 Å². The molecule has 1 heterocycles. The number of anilines is 2. The SMILES string of the molecule is Cc1ccc(-c2nnc(NC(=O)CN(c3ccccc3Cl)S(C)(=O)=O)s2)cc1. The number of carbonyl (C=O) groups is 1. The van der Waals surface area contributed by atoms with Crippen LogP contribution in [0.1, 0.15) is 5.56 Å². The van der Waals surface area contributed by atoms with Gasteiger partial charge in [0.2, 0.25) is 21.1 Å². The summed E-state index contributed by atoms with van der Waals surface area (Å²) in [5.74, 6) is -0.544. The first kappa shape index (κ1) is 20.2. The number of aromatic nitrogens is 2. The highest BCUT2D eigenvalue weighted by atomic mass is 35.5. The Balaban J connectivity index is 1.75. The van der Waals surface area contributed by atoms with E-state index in [1.54, 1.807) is 18.2 Å².